The lowest BCUT2D eigenvalue weighted by atomic mass is 9.77. The maximum atomic E-state index is 14.7. The monoisotopic (exact) mass is 505 g/mol. The van der Waals surface area contributed by atoms with Crippen molar-refractivity contribution in [1.29, 1.82) is 0 Å². The van der Waals surface area contributed by atoms with Crippen molar-refractivity contribution in [3.05, 3.63) is 98.2 Å². The molecule has 0 aliphatic carbocycles. The van der Waals surface area contributed by atoms with E-state index in [1.165, 1.54) is 29.6 Å². The number of amides is 2. The molecule has 0 radical (unpaired) electrons. The van der Waals surface area contributed by atoms with Crippen molar-refractivity contribution in [2.75, 3.05) is 0 Å². The summed E-state index contributed by atoms with van der Waals surface area (Å²) < 4.78 is 44.0. The van der Waals surface area contributed by atoms with Crippen molar-refractivity contribution < 1.29 is 32.8 Å². The lowest BCUT2D eigenvalue weighted by Crippen LogP contribution is -2.73. The number of alkyl halides is 3. The van der Waals surface area contributed by atoms with Crippen LogP contribution in [0.2, 0.25) is 0 Å². The standard InChI is InChI=1S/C23H18F3N3O5S/c24-23(25,26)22(32)18(20(30)17-7-4-12-35-17)19(15-8-10-16(11-9-15)29(33)34)27-21(31)28(22)13-14-5-2-1-3-6-14/h1-12,18-19,32H,13H2,(H,27,31)/t18-,19+,22-/m0/s1. The van der Waals surface area contributed by atoms with Gasteiger partial charge in [0.25, 0.3) is 11.4 Å². The van der Waals surface area contributed by atoms with Crippen LogP contribution in [0.5, 0.6) is 0 Å². The Morgan fingerprint density at radius 2 is 1.77 bits per heavy atom. The third kappa shape index (κ3) is 4.37. The van der Waals surface area contributed by atoms with Gasteiger partial charge in [-0.15, -0.1) is 11.3 Å². The minimum Gasteiger partial charge on any atom is -0.363 e. The molecule has 8 nitrogen and oxygen atoms in total. The number of carbonyl (C=O) groups is 2. The van der Waals surface area contributed by atoms with Gasteiger partial charge in [-0.25, -0.2) is 4.79 Å². The number of halogens is 3. The number of nitro benzene ring substituents is 1. The van der Waals surface area contributed by atoms with Crippen molar-refractivity contribution in [3.8, 4) is 0 Å². The number of urea groups is 1. The van der Waals surface area contributed by atoms with Gasteiger partial charge in [-0.3, -0.25) is 19.8 Å². The summed E-state index contributed by atoms with van der Waals surface area (Å²) in [7, 11) is 0. The van der Waals surface area contributed by atoms with Crippen LogP contribution in [0.4, 0.5) is 23.7 Å². The van der Waals surface area contributed by atoms with Gasteiger partial charge >= 0.3 is 12.2 Å². The van der Waals surface area contributed by atoms with Gasteiger partial charge in [0.2, 0.25) is 0 Å². The average molecular weight is 505 g/mol. The van der Waals surface area contributed by atoms with Gasteiger partial charge in [-0.1, -0.05) is 48.5 Å². The number of aliphatic hydroxyl groups is 1. The molecule has 1 saturated heterocycles. The van der Waals surface area contributed by atoms with Crippen molar-refractivity contribution in [2.24, 2.45) is 5.92 Å². The summed E-state index contributed by atoms with van der Waals surface area (Å²) >= 11 is 0.897. The molecule has 3 aromatic rings. The fourth-order valence-electron chi connectivity index (χ4n) is 4.12. The summed E-state index contributed by atoms with van der Waals surface area (Å²) in [6.07, 6.45) is -5.42. The number of non-ortho nitro benzene ring substituents is 1. The lowest BCUT2D eigenvalue weighted by Gasteiger charge is -2.51. The number of nitro groups is 1. The third-order valence-corrected chi connectivity index (χ3v) is 6.70. The van der Waals surface area contributed by atoms with E-state index in [9.17, 15) is 38.0 Å². The summed E-state index contributed by atoms with van der Waals surface area (Å²) in [5, 5.41) is 26.2. The average Bonchev–Trinajstić information content (AvgIpc) is 3.36. The number of nitrogens with zero attached hydrogens (tertiary/aromatic N) is 2. The fraction of sp³-hybridized carbons (Fsp3) is 0.217. The van der Waals surface area contributed by atoms with Gasteiger partial charge in [0.15, 0.2) is 5.78 Å². The molecule has 3 atom stereocenters. The molecular formula is C23H18F3N3O5S. The Balaban J connectivity index is 1.87. The maximum Gasteiger partial charge on any atom is 0.437 e. The zero-order valence-corrected chi connectivity index (χ0v) is 18.6. The Labute approximate surface area is 200 Å². The van der Waals surface area contributed by atoms with Crippen LogP contribution >= 0.6 is 11.3 Å². The van der Waals surface area contributed by atoms with Crippen LogP contribution in [-0.4, -0.2) is 38.6 Å². The normalized spacial score (nSPS) is 22.5. The quantitative estimate of drug-likeness (QED) is 0.287. The van der Waals surface area contributed by atoms with E-state index in [1.54, 1.807) is 18.2 Å². The van der Waals surface area contributed by atoms with E-state index in [-0.39, 0.29) is 21.0 Å². The Bertz CT molecular complexity index is 1240. The fourth-order valence-corrected chi connectivity index (χ4v) is 4.83. The molecule has 2 N–H and O–H groups in total. The molecule has 1 aliphatic heterocycles. The van der Waals surface area contributed by atoms with Crippen LogP contribution in [0, 0.1) is 16.0 Å². The van der Waals surface area contributed by atoms with Gasteiger partial charge < -0.3 is 10.4 Å². The first-order valence-electron chi connectivity index (χ1n) is 10.3. The van der Waals surface area contributed by atoms with Gasteiger partial charge in [0.05, 0.1) is 22.4 Å². The van der Waals surface area contributed by atoms with Crippen molar-refractivity contribution in [3.63, 3.8) is 0 Å². The molecule has 0 unspecified atom stereocenters. The molecular weight excluding hydrogens is 487 g/mol. The first-order valence-corrected chi connectivity index (χ1v) is 11.1. The molecule has 182 valence electrons. The molecule has 0 spiro atoms. The van der Waals surface area contributed by atoms with Crippen LogP contribution in [0.1, 0.15) is 26.8 Å². The second kappa shape index (κ2) is 9.12. The number of ketones is 1. The van der Waals surface area contributed by atoms with Crippen molar-refractivity contribution in [2.45, 2.75) is 24.5 Å². The maximum absolute atomic E-state index is 14.7. The molecule has 12 heteroatoms. The molecule has 0 saturated carbocycles. The summed E-state index contributed by atoms with van der Waals surface area (Å²) in [5.74, 6) is -3.23. The number of thiophene rings is 1. The predicted octanol–water partition coefficient (Wildman–Crippen LogP) is 4.67. The number of hydrogen-bond acceptors (Lipinski definition) is 6. The SMILES string of the molecule is O=C(c1cccs1)[C@@H]1[C@@H](c2ccc([N+](=O)[O-])cc2)NC(=O)N(Cc2ccccc2)[C@@]1(O)C(F)(F)F. The van der Waals surface area contributed by atoms with E-state index in [2.05, 4.69) is 5.32 Å². The highest BCUT2D eigenvalue weighted by Gasteiger charge is 2.70. The number of hydrogen-bond donors (Lipinski definition) is 2. The highest BCUT2D eigenvalue weighted by molar-refractivity contribution is 7.12. The van der Waals surface area contributed by atoms with E-state index in [0.717, 1.165) is 35.6 Å². The topological polar surface area (TPSA) is 113 Å². The minimum absolute atomic E-state index is 0.000826. The van der Waals surface area contributed by atoms with E-state index in [1.807, 2.05) is 0 Å². The third-order valence-electron chi connectivity index (χ3n) is 5.81. The van der Waals surface area contributed by atoms with E-state index >= 15 is 0 Å². The smallest absolute Gasteiger partial charge is 0.363 e. The van der Waals surface area contributed by atoms with Crippen molar-refractivity contribution in [1.82, 2.24) is 10.2 Å². The van der Waals surface area contributed by atoms with Crippen LogP contribution in [-0.2, 0) is 6.54 Å². The first kappa shape index (κ1) is 24.4. The number of rotatable bonds is 6. The summed E-state index contributed by atoms with van der Waals surface area (Å²) in [6.45, 7) is -0.621. The Kier molecular flexibility index (Phi) is 6.34. The molecule has 1 aromatic heterocycles. The largest absolute Gasteiger partial charge is 0.437 e. The second-order valence-corrected chi connectivity index (χ2v) is 8.84. The van der Waals surface area contributed by atoms with Gasteiger partial charge in [0.1, 0.15) is 5.92 Å². The number of carbonyl (C=O) groups excluding carboxylic acids is 2. The highest BCUT2D eigenvalue weighted by atomic mass is 32.1. The Hall–Kier alpha value is -3.77. The molecule has 2 amide bonds. The van der Waals surface area contributed by atoms with E-state index in [4.69, 9.17) is 0 Å². The van der Waals surface area contributed by atoms with Crippen LogP contribution in [0.25, 0.3) is 0 Å². The summed E-state index contributed by atoms with van der Waals surface area (Å²) in [5.41, 5.74) is -3.89. The zero-order valence-electron chi connectivity index (χ0n) is 17.8. The van der Waals surface area contributed by atoms with Gasteiger partial charge in [-0.2, -0.15) is 13.2 Å². The Morgan fingerprint density at radius 3 is 2.31 bits per heavy atom. The lowest BCUT2D eigenvalue weighted by molar-refractivity contribution is -0.384. The highest BCUT2D eigenvalue weighted by Crippen LogP contribution is 2.49. The van der Waals surface area contributed by atoms with Crippen LogP contribution in [0.3, 0.4) is 0 Å². The van der Waals surface area contributed by atoms with E-state index < -0.39 is 47.1 Å². The molecule has 2 heterocycles. The minimum atomic E-state index is -5.42. The predicted molar refractivity (Wildman–Crippen MR) is 119 cm³/mol. The Morgan fingerprint density at radius 1 is 1.11 bits per heavy atom. The molecule has 1 aliphatic rings. The van der Waals surface area contributed by atoms with E-state index in [0.29, 0.717) is 5.56 Å². The summed E-state index contributed by atoms with van der Waals surface area (Å²) in [4.78, 5) is 36.9. The van der Waals surface area contributed by atoms with Crippen LogP contribution < -0.4 is 5.32 Å². The van der Waals surface area contributed by atoms with Gasteiger partial charge in [0, 0.05) is 12.1 Å². The molecule has 0 bridgehead atoms. The number of nitrogens with one attached hydrogen (secondary N) is 1. The second-order valence-electron chi connectivity index (χ2n) is 7.89. The first-order chi connectivity index (χ1) is 16.5. The summed E-state index contributed by atoms with van der Waals surface area (Å²) in [6, 6.07) is 12.1. The molecule has 2 aromatic carbocycles. The number of benzene rings is 2. The molecule has 1 fully saturated rings. The number of Topliss-reactive ketones (excluding diaryl/α,β-unsaturated/α-hetero) is 1. The van der Waals surface area contributed by atoms with Crippen LogP contribution in [0.15, 0.2) is 72.1 Å². The zero-order chi connectivity index (χ0) is 25.4. The van der Waals surface area contributed by atoms with Crippen molar-refractivity contribution >= 4 is 28.8 Å². The molecule has 35 heavy (non-hydrogen) atoms. The molecule has 4 rings (SSSR count). The van der Waals surface area contributed by atoms with Gasteiger partial charge in [-0.05, 0) is 22.6 Å².